The summed E-state index contributed by atoms with van der Waals surface area (Å²) in [5.41, 5.74) is 0.561. The fraction of sp³-hybridized carbons (Fsp3) is 0.429. The quantitative estimate of drug-likeness (QED) is 0.755. The van der Waals surface area contributed by atoms with Crippen LogP contribution in [0.15, 0.2) is 42.5 Å². The molecule has 0 spiro atoms. The number of Topliss-reactive ketones (excluding diaryl/α,β-unsaturated/α-hetero) is 2. The Balaban J connectivity index is 1.91. The van der Waals surface area contributed by atoms with Crippen LogP contribution in [-0.2, 0) is 16.0 Å². The maximum absolute atomic E-state index is 12.3. The van der Waals surface area contributed by atoms with Crippen LogP contribution in [0.4, 0.5) is 0 Å². The first-order valence-corrected chi connectivity index (χ1v) is 8.76. The maximum Gasteiger partial charge on any atom is 0.149 e. The summed E-state index contributed by atoms with van der Waals surface area (Å²) in [5.74, 6) is 0.344. The van der Waals surface area contributed by atoms with E-state index in [1.54, 1.807) is 6.92 Å². The van der Waals surface area contributed by atoms with Crippen LogP contribution < -0.4 is 5.32 Å². The molecule has 0 heterocycles. The Bertz CT molecular complexity index is 717. The van der Waals surface area contributed by atoms with E-state index in [0.717, 1.165) is 23.8 Å². The first-order chi connectivity index (χ1) is 11.5. The summed E-state index contributed by atoms with van der Waals surface area (Å²) in [5, 5.41) is 5.66. The van der Waals surface area contributed by atoms with Crippen molar-refractivity contribution >= 4 is 22.3 Å². The lowest BCUT2D eigenvalue weighted by Gasteiger charge is -2.30. The zero-order valence-corrected chi connectivity index (χ0v) is 14.9. The molecule has 24 heavy (non-hydrogen) atoms. The third kappa shape index (κ3) is 4.30. The third-order valence-electron chi connectivity index (χ3n) is 4.96. The number of carbonyl (C=O) groups is 2. The summed E-state index contributed by atoms with van der Waals surface area (Å²) in [6.07, 6.45) is 2.38. The maximum atomic E-state index is 12.3. The predicted molar refractivity (Wildman–Crippen MR) is 99.3 cm³/mol. The van der Waals surface area contributed by atoms with Crippen molar-refractivity contribution in [3.05, 3.63) is 48.0 Å². The average molecular weight is 325 g/mol. The number of ketones is 2. The zero-order valence-electron chi connectivity index (χ0n) is 14.9. The molecule has 3 heteroatoms. The second kappa shape index (κ2) is 8.20. The molecule has 0 aliphatic rings. The van der Waals surface area contributed by atoms with Crippen LogP contribution in [0, 0.1) is 0 Å². The van der Waals surface area contributed by atoms with E-state index in [2.05, 4.69) is 29.6 Å². The van der Waals surface area contributed by atoms with Gasteiger partial charge in [0.05, 0.1) is 5.54 Å². The lowest BCUT2D eigenvalue weighted by molar-refractivity contribution is -0.124. The highest BCUT2D eigenvalue weighted by molar-refractivity contribution is 5.87. The molecule has 1 N–H and O–H groups in total. The Hall–Kier alpha value is -2.00. The Kier molecular flexibility index (Phi) is 6.27. The Morgan fingerprint density at radius 3 is 2.29 bits per heavy atom. The molecule has 3 nitrogen and oxygen atoms in total. The van der Waals surface area contributed by atoms with Crippen LogP contribution in [-0.4, -0.2) is 23.7 Å². The number of hydrogen-bond donors (Lipinski definition) is 1. The van der Waals surface area contributed by atoms with Crippen molar-refractivity contribution in [2.75, 3.05) is 6.54 Å². The molecule has 0 fully saturated rings. The van der Waals surface area contributed by atoms with Crippen LogP contribution in [0.2, 0.25) is 0 Å². The van der Waals surface area contributed by atoms with Gasteiger partial charge in [-0.2, -0.15) is 0 Å². The Labute approximate surface area is 144 Å². The van der Waals surface area contributed by atoms with Crippen molar-refractivity contribution in [1.82, 2.24) is 5.32 Å². The third-order valence-corrected chi connectivity index (χ3v) is 4.96. The van der Waals surface area contributed by atoms with E-state index in [4.69, 9.17) is 0 Å². The van der Waals surface area contributed by atoms with E-state index in [9.17, 15) is 9.59 Å². The van der Waals surface area contributed by atoms with Gasteiger partial charge in [-0.15, -0.1) is 0 Å². The number of rotatable bonds is 9. The number of hydrogen-bond acceptors (Lipinski definition) is 3. The zero-order chi connectivity index (χ0) is 17.6. The van der Waals surface area contributed by atoms with E-state index in [1.165, 1.54) is 5.39 Å². The molecule has 0 saturated heterocycles. The van der Waals surface area contributed by atoms with Gasteiger partial charge in [0.25, 0.3) is 0 Å². The van der Waals surface area contributed by atoms with Crippen molar-refractivity contribution in [2.24, 2.45) is 0 Å². The second-order valence-corrected chi connectivity index (χ2v) is 6.42. The molecular weight excluding hydrogens is 298 g/mol. The fourth-order valence-electron chi connectivity index (χ4n) is 3.23. The first kappa shape index (κ1) is 18.3. The van der Waals surface area contributed by atoms with Gasteiger partial charge >= 0.3 is 0 Å². The first-order valence-electron chi connectivity index (χ1n) is 8.76. The van der Waals surface area contributed by atoms with Gasteiger partial charge in [0, 0.05) is 19.4 Å². The summed E-state index contributed by atoms with van der Waals surface area (Å²) < 4.78 is 0. The molecule has 0 aliphatic heterocycles. The molecular formula is C21H27NO2. The molecule has 0 saturated carbocycles. The largest absolute Gasteiger partial charge is 0.305 e. The standard InChI is InChI=1S/C21H27NO2/c1-4-21(5-2,16(3)23)22-13-12-20(24)15-17-10-11-18-8-6-7-9-19(18)14-17/h6-11,14,22H,4-5,12-13,15H2,1-3H3. The summed E-state index contributed by atoms with van der Waals surface area (Å²) in [6, 6.07) is 14.3. The normalized spacial score (nSPS) is 11.6. The van der Waals surface area contributed by atoms with E-state index in [0.29, 0.717) is 19.4 Å². The fourth-order valence-corrected chi connectivity index (χ4v) is 3.23. The molecule has 0 radical (unpaired) electrons. The van der Waals surface area contributed by atoms with Gasteiger partial charge in [-0.05, 0) is 36.1 Å². The lowest BCUT2D eigenvalue weighted by Crippen LogP contribution is -2.50. The van der Waals surface area contributed by atoms with Gasteiger partial charge < -0.3 is 5.32 Å². The van der Waals surface area contributed by atoms with Crippen molar-refractivity contribution in [3.8, 4) is 0 Å². The number of fused-ring (bicyclic) bond motifs is 1. The Morgan fingerprint density at radius 2 is 1.67 bits per heavy atom. The van der Waals surface area contributed by atoms with Crippen molar-refractivity contribution in [2.45, 2.75) is 52.0 Å². The highest BCUT2D eigenvalue weighted by atomic mass is 16.1. The SMILES string of the molecule is CCC(CC)(NCCC(=O)Cc1ccc2ccccc2c1)C(C)=O. The molecule has 0 atom stereocenters. The molecule has 0 amide bonds. The van der Waals surface area contributed by atoms with Crippen LogP contribution >= 0.6 is 0 Å². The highest BCUT2D eigenvalue weighted by Gasteiger charge is 2.30. The van der Waals surface area contributed by atoms with Gasteiger partial charge in [-0.1, -0.05) is 56.3 Å². The molecule has 0 aromatic heterocycles. The van der Waals surface area contributed by atoms with Crippen molar-refractivity contribution < 1.29 is 9.59 Å². The predicted octanol–water partition coefficient (Wildman–Crippen LogP) is 4.08. The average Bonchev–Trinajstić information content (AvgIpc) is 2.58. The topological polar surface area (TPSA) is 46.2 Å². The van der Waals surface area contributed by atoms with Crippen molar-refractivity contribution in [1.29, 1.82) is 0 Å². The van der Waals surface area contributed by atoms with E-state index in [-0.39, 0.29) is 11.6 Å². The molecule has 128 valence electrons. The molecule has 0 bridgehead atoms. The minimum Gasteiger partial charge on any atom is -0.305 e. The van der Waals surface area contributed by atoms with Crippen molar-refractivity contribution in [3.63, 3.8) is 0 Å². The number of benzene rings is 2. The highest BCUT2D eigenvalue weighted by Crippen LogP contribution is 2.18. The van der Waals surface area contributed by atoms with E-state index >= 15 is 0 Å². The molecule has 2 rings (SSSR count). The summed E-state index contributed by atoms with van der Waals surface area (Å²) in [4.78, 5) is 24.1. The summed E-state index contributed by atoms with van der Waals surface area (Å²) in [6.45, 7) is 6.19. The molecule has 0 aliphatic carbocycles. The van der Waals surface area contributed by atoms with Gasteiger partial charge in [-0.3, -0.25) is 9.59 Å². The minimum atomic E-state index is -0.483. The van der Waals surface area contributed by atoms with Crippen LogP contribution in [0.3, 0.4) is 0 Å². The smallest absolute Gasteiger partial charge is 0.149 e. The van der Waals surface area contributed by atoms with Gasteiger partial charge in [0.1, 0.15) is 11.6 Å². The van der Waals surface area contributed by atoms with Crippen LogP contribution in [0.25, 0.3) is 10.8 Å². The minimum absolute atomic E-state index is 0.148. The van der Waals surface area contributed by atoms with Gasteiger partial charge in [-0.25, -0.2) is 0 Å². The molecule has 0 unspecified atom stereocenters. The monoisotopic (exact) mass is 325 g/mol. The van der Waals surface area contributed by atoms with E-state index in [1.807, 2.05) is 32.0 Å². The molecule has 2 aromatic carbocycles. The Morgan fingerprint density at radius 1 is 1.00 bits per heavy atom. The van der Waals surface area contributed by atoms with E-state index < -0.39 is 5.54 Å². The summed E-state index contributed by atoms with van der Waals surface area (Å²) in [7, 11) is 0. The van der Waals surface area contributed by atoms with Gasteiger partial charge in [0.2, 0.25) is 0 Å². The number of nitrogens with one attached hydrogen (secondary N) is 1. The van der Waals surface area contributed by atoms with Crippen LogP contribution in [0.5, 0.6) is 0 Å². The summed E-state index contributed by atoms with van der Waals surface area (Å²) >= 11 is 0. The lowest BCUT2D eigenvalue weighted by atomic mass is 9.88. The second-order valence-electron chi connectivity index (χ2n) is 6.42. The van der Waals surface area contributed by atoms with Crippen LogP contribution in [0.1, 0.15) is 45.6 Å². The molecule has 2 aromatic rings. The van der Waals surface area contributed by atoms with Gasteiger partial charge in [0.15, 0.2) is 0 Å². The number of carbonyl (C=O) groups excluding carboxylic acids is 2.